The highest BCUT2D eigenvalue weighted by Gasteiger charge is 2.18. The smallest absolute Gasteiger partial charge is 0.274 e. The van der Waals surface area contributed by atoms with Gasteiger partial charge >= 0.3 is 0 Å². The molecule has 7 heteroatoms. The molecule has 4 rings (SSSR count). The van der Waals surface area contributed by atoms with Gasteiger partial charge in [-0.05, 0) is 31.0 Å². The number of benzene rings is 1. The molecule has 0 atom stereocenters. The molecule has 1 aromatic heterocycles. The Balaban J connectivity index is 1.50. The van der Waals surface area contributed by atoms with Gasteiger partial charge in [-0.3, -0.25) is 4.79 Å². The van der Waals surface area contributed by atoms with Gasteiger partial charge in [-0.1, -0.05) is 0 Å². The summed E-state index contributed by atoms with van der Waals surface area (Å²) in [5.41, 5.74) is 0.993. The van der Waals surface area contributed by atoms with E-state index in [-0.39, 0.29) is 5.91 Å². The first-order chi connectivity index (χ1) is 11.8. The first-order valence-electron chi connectivity index (χ1n) is 8.08. The van der Waals surface area contributed by atoms with E-state index in [1.54, 1.807) is 30.5 Å². The fourth-order valence-electron chi connectivity index (χ4n) is 2.86. The number of nitrogens with one attached hydrogen (secondary N) is 1. The van der Waals surface area contributed by atoms with Crippen LogP contribution in [0.15, 0.2) is 30.5 Å². The number of ether oxygens (including phenoxy) is 2. The number of anilines is 2. The molecule has 0 aliphatic carbocycles. The van der Waals surface area contributed by atoms with Gasteiger partial charge in [0.2, 0.25) is 5.95 Å². The second-order valence-electron chi connectivity index (χ2n) is 5.75. The fraction of sp³-hybridized carbons (Fsp3) is 0.353. The highest BCUT2D eigenvalue weighted by molar-refractivity contribution is 6.03. The normalized spacial score (nSPS) is 16.1. The van der Waals surface area contributed by atoms with Crippen LogP contribution < -0.4 is 19.7 Å². The largest absolute Gasteiger partial charge is 0.486 e. The van der Waals surface area contributed by atoms with Crippen molar-refractivity contribution >= 4 is 17.5 Å². The number of hydrogen-bond donors (Lipinski definition) is 1. The van der Waals surface area contributed by atoms with E-state index in [2.05, 4.69) is 20.2 Å². The van der Waals surface area contributed by atoms with Crippen LogP contribution in [0.2, 0.25) is 0 Å². The zero-order chi connectivity index (χ0) is 16.4. The Morgan fingerprint density at radius 2 is 1.88 bits per heavy atom. The summed E-state index contributed by atoms with van der Waals surface area (Å²) in [7, 11) is 0. The molecule has 24 heavy (non-hydrogen) atoms. The molecule has 0 unspecified atom stereocenters. The third kappa shape index (κ3) is 2.97. The standard InChI is InChI=1S/C17H18N4O3/c22-16(13-5-6-18-17(20-13)21-7-1-2-8-21)19-12-3-4-14-15(11-12)24-10-9-23-14/h3-6,11H,1-2,7-10H2,(H,19,22). The molecule has 7 nitrogen and oxygen atoms in total. The van der Waals surface area contributed by atoms with Gasteiger partial charge in [0.25, 0.3) is 5.91 Å². The van der Waals surface area contributed by atoms with Crippen LogP contribution in [0, 0.1) is 0 Å². The van der Waals surface area contributed by atoms with Crippen molar-refractivity contribution in [3.05, 3.63) is 36.2 Å². The number of hydrogen-bond acceptors (Lipinski definition) is 6. The number of carbonyl (C=O) groups excluding carboxylic acids is 1. The molecule has 1 amide bonds. The number of aromatic nitrogens is 2. The van der Waals surface area contributed by atoms with Crippen LogP contribution in [0.3, 0.4) is 0 Å². The summed E-state index contributed by atoms with van der Waals surface area (Å²) in [6, 6.07) is 6.95. The van der Waals surface area contributed by atoms with E-state index < -0.39 is 0 Å². The van der Waals surface area contributed by atoms with Crippen LogP contribution in [0.5, 0.6) is 11.5 Å². The second kappa shape index (κ2) is 6.35. The summed E-state index contributed by atoms with van der Waals surface area (Å²) >= 11 is 0. The summed E-state index contributed by atoms with van der Waals surface area (Å²) in [6.45, 7) is 2.93. The number of amides is 1. The first kappa shape index (κ1) is 14.7. The molecule has 0 radical (unpaired) electrons. The van der Waals surface area contributed by atoms with Crippen molar-refractivity contribution in [2.75, 3.05) is 36.5 Å². The van der Waals surface area contributed by atoms with E-state index in [0.717, 1.165) is 25.9 Å². The van der Waals surface area contributed by atoms with Crippen LogP contribution in [-0.2, 0) is 0 Å². The Labute approximate surface area is 139 Å². The molecule has 3 heterocycles. The summed E-state index contributed by atoms with van der Waals surface area (Å²) in [5.74, 6) is 1.67. The Morgan fingerprint density at radius 3 is 2.71 bits per heavy atom. The van der Waals surface area contributed by atoms with E-state index in [4.69, 9.17) is 9.47 Å². The molecular formula is C17H18N4O3. The van der Waals surface area contributed by atoms with Gasteiger partial charge in [0.05, 0.1) is 0 Å². The lowest BCUT2D eigenvalue weighted by Gasteiger charge is -2.19. The minimum Gasteiger partial charge on any atom is -0.486 e. The molecule has 124 valence electrons. The quantitative estimate of drug-likeness (QED) is 0.931. The van der Waals surface area contributed by atoms with E-state index in [1.165, 1.54) is 0 Å². The van der Waals surface area contributed by atoms with Crippen LogP contribution >= 0.6 is 0 Å². The number of fused-ring (bicyclic) bond motifs is 1. The van der Waals surface area contributed by atoms with Crippen molar-refractivity contribution in [1.29, 1.82) is 0 Å². The SMILES string of the molecule is O=C(Nc1ccc2c(c1)OCCO2)c1ccnc(N2CCCC2)n1. The summed E-state index contributed by atoms with van der Waals surface area (Å²) in [5, 5.41) is 2.84. The zero-order valence-electron chi connectivity index (χ0n) is 13.2. The van der Waals surface area contributed by atoms with Crippen molar-refractivity contribution in [1.82, 2.24) is 9.97 Å². The van der Waals surface area contributed by atoms with Crippen molar-refractivity contribution in [3.8, 4) is 11.5 Å². The van der Waals surface area contributed by atoms with Gasteiger partial charge in [-0.25, -0.2) is 9.97 Å². The van der Waals surface area contributed by atoms with Gasteiger partial charge in [0.15, 0.2) is 11.5 Å². The van der Waals surface area contributed by atoms with Crippen molar-refractivity contribution in [3.63, 3.8) is 0 Å². The van der Waals surface area contributed by atoms with Gasteiger partial charge in [-0.2, -0.15) is 0 Å². The summed E-state index contributed by atoms with van der Waals surface area (Å²) in [4.78, 5) is 23.2. The van der Waals surface area contributed by atoms with E-state index >= 15 is 0 Å². The molecule has 2 aliphatic rings. The molecule has 2 aliphatic heterocycles. The van der Waals surface area contributed by atoms with Crippen molar-refractivity contribution in [2.45, 2.75) is 12.8 Å². The maximum absolute atomic E-state index is 12.5. The monoisotopic (exact) mass is 326 g/mol. The molecule has 0 saturated carbocycles. The third-order valence-corrected chi connectivity index (χ3v) is 4.06. The molecule has 1 fully saturated rings. The van der Waals surface area contributed by atoms with Crippen molar-refractivity contribution in [2.24, 2.45) is 0 Å². The highest BCUT2D eigenvalue weighted by Crippen LogP contribution is 2.32. The van der Waals surface area contributed by atoms with Crippen LogP contribution in [0.25, 0.3) is 0 Å². The van der Waals surface area contributed by atoms with Crippen LogP contribution in [-0.4, -0.2) is 42.2 Å². The molecule has 2 aromatic rings. The predicted molar refractivity (Wildman–Crippen MR) is 88.9 cm³/mol. The molecular weight excluding hydrogens is 308 g/mol. The summed E-state index contributed by atoms with van der Waals surface area (Å²) < 4.78 is 11.0. The number of carbonyl (C=O) groups is 1. The first-order valence-corrected chi connectivity index (χ1v) is 8.08. The summed E-state index contributed by atoms with van der Waals surface area (Å²) in [6.07, 6.45) is 3.90. The topological polar surface area (TPSA) is 76.6 Å². The second-order valence-corrected chi connectivity index (χ2v) is 5.75. The van der Waals surface area contributed by atoms with Gasteiger partial charge in [0, 0.05) is 31.0 Å². The Hall–Kier alpha value is -2.83. The molecule has 1 N–H and O–H groups in total. The Bertz CT molecular complexity index is 759. The minimum atomic E-state index is -0.269. The predicted octanol–water partition coefficient (Wildman–Crippen LogP) is 2.10. The highest BCUT2D eigenvalue weighted by atomic mass is 16.6. The average Bonchev–Trinajstić information content (AvgIpc) is 3.16. The van der Waals surface area contributed by atoms with E-state index in [9.17, 15) is 4.79 Å². The maximum Gasteiger partial charge on any atom is 0.274 e. The lowest BCUT2D eigenvalue weighted by Crippen LogP contribution is -2.22. The van der Waals surface area contributed by atoms with Gasteiger partial charge in [-0.15, -0.1) is 0 Å². The Morgan fingerprint density at radius 1 is 1.08 bits per heavy atom. The van der Waals surface area contributed by atoms with Crippen LogP contribution in [0.1, 0.15) is 23.3 Å². The molecule has 1 aromatic carbocycles. The van der Waals surface area contributed by atoms with Gasteiger partial charge < -0.3 is 19.7 Å². The minimum absolute atomic E-state index is 0.269. The number of rotatable bonds is 3. The van der Waals surface area contributed by atoms with E-state index in [1.807, 2.05) is 0 Å². The van der Waals surface area contributed by atoms with E-state index in [0.29, 0.717) is 42.0 Å². The Kier molecular flexibility index (Phi) is 3.90. The maximum atomic E-state index is 12.5. The third-order valence-electron chi connectivity index (χ3n) is 4.06. The lowest BCUT2D eigenvalue weighted by molar-refractivity contribution is 0.102. The lowest BCUT2D eigenvalue weighted by atomic mass is 10.2. The fourth-order valence-corrected chi connectivity index (χ4v) is 2.86. The molecule has 1 saturated heterocycles. The molecule has 0 spiro atoms. The van der Waals surface area contributed by atoms with Crippen LogP contribution in [0.4, 0.5) is 11.6 Å². The van der Waals surface area contributed by atoms with Gasteiger partial charge in [0.1, 0.15) is 18.9 Å². The zero-order valence-corrected chi connectivity index (χ0v) is 13.2. The molecule has 0 bridgehead atoms. The number of nitrogens with zero attached hydrogens (tertiary/aromatic N) is 3. The van der Waals surface area contributed by atoms with Crippen molar-refractivity contribution < 1.29 is 14.3 Å². The average molecular weight is 326 g/mol.